The molecule has 0 fully saturated rings. The molecule has 19 heavy (non-hydrogen) atoms. The Labute approximate surface area is 119 Å². The van der Waals surface area contributed by atoms with E-state index in [0.29, 0.717) is 21.6 Å². The van der Waals surface area contributed by atoms with E-state index >= 15 is 0 Å². The van der Waals surface area contributed by atoms with E-state index in [1.165, 1.54) is 0 Å². The quantitative estimate of drug-likeness (QED) is 0.908. The molecule has 1 amide bonds. The Hall–Kier alpha value is -1.82. The van der Waals surface area contributed by atoms with Gasteiger partial charge in [-0.3, -0.25) is 9.89 Å². The molecule has 2 N–H and O–H groups in total. The van der Waals surface area contributed by atoms with E-state index in [9.17, 15) is 4.79 Å². The topological polar surface area (TPSA) is 67.0 Å². The maximum Gasteiger partial charge on any atom is 0.258 e. The van der Waals surface area contributed by atoms with Gasteiger partial charge in [0.15, 0.2) is 0 Å². The van der Waals surface area contributed by atoms with Gasteiger partial charge in [0.25, 0.3) is 5.91 Å². The molecule has 0 bridgehead atoms. The summed E-state index contributed by atoms with van der Waals surface area (Å²) in [5.41, 5.74) is 1.48. The first kappa shape index (κ1) is 13.6. The lowest BCUT2D eigenvalue weighted by Crippen LogP contribution is -2.14. The molecule has 0 radical (unpaired) electrons. The van der Waals surface area contributed by atoms with Crippen LogP contribution in [-0.2, 0) is 6.42 Å². The third-order valence-electron chi connectivity index (χ3n) is 2.76. The van der Waals surface area contributed by atoms with Crippen LogP contribution in [0.1, 0.15) is 22.8 Å². The van der Waals surface area contributed by atoms with Gasteiger partial charge in [0.2, 0.25) is 0 Å². The summed E-state index contributed by atoms with van der Waals surface area (Å²) in [7, 11) is 1.56. The number of aromatic amines is 1. The molecule has 100 valence electrons. The standard InChI is InChI=1S/C13H14BrN3O2/c1-3-8-7-15-17-12(8)16-13(18)10-6-9(19-2)4-5-11(10)14/h4-7H,3H2,1-2H3,(H2,15,16,17,18). The molecule has 0 aliphatic rings. The molecule has 0 saturated heterocycles. The van der Waals surface area contributed by atoms with Crippen molar-refractivity contribution in [2.75, 3.05) is 12.4 Å². The average Bonchev–Trinajstić information content (AvgIpc) is 2.86. The van der Waals surface area contributed by atoms with Crippen LogP contribution < -0.4 is 10.1 Å². The maximum atomic E-state index is 12.2. The number of benzene rings is 1. The average molecular weight is 324 g/mol. The van der Waals surface area contributed by atoms with Crippen molar-refractivity contribution in [3.63, 3.8) is 0 Å². The third kappa shape index (κ3) is 2.96. The highest BCUT2D eigenvalue weighted by Gasteiger charge is 2.14. The lowest BCUT2D eigenvalue weighted by atomic mass is 10.2. The number of hydrogen-bond acceptors (Lipinski definition) is 3. The Morgan fingerprint density at radius 1 is 1.53 bits per heavy atom. The fraction of sp³-hybridized carbons (Fsp3) is 0.231. The summed E-state index contributed by atoms with van der Waals surface area (Å²) in [5, 5.41) is 9.50. The second-order valence-electron chi connectivity index (χ2n) is 3.92. The number of aryl methyl sites for hydroxylation is 1. The Bertz CT molecular complexity index is 595. The first-order chi connectivity index (χ1) is 9.15. The molecular formula is C13H14BrN3O2. The van der Waals surface area contributed by atoms with Gasteiger partial charge in [0, 0.05) is 10.0 Å². The fourth-order valence-corrected chi connectivity index (χ4v) is 2.10. The molecule has 0 spiro atoms. The number of methoxy groups -OCH3 is 1. The fourth-order valence-electron chi connectivity index (χ4n) is 1.67. The number of carbonyl (C=O) groups is 1. The van der Waals surface area contributed by atoms with Crippen LogP contribution >= 0.6 is 15.9 Å². The van der Waals surface area contributed by atoms with Crippen LogP contribution in [0.2, 0.25) is 0 Å². The molecule has 0 atom stereocenters. The van der Waals surface area contributed by atoms with Gasteiger partial charge < -0.3 is 10.1 Å². The van der Waals surface area contributed by atoms with E-state index < -0.39 is 0 Å². The van der Waals surface area contributed by atoms with Gasteiger partial charge in [-0.25, -0.2) is 0 Å². The Morgan fingerprint density at radius 2 is 2.32 bits per heavy atom. The molecule has 1 aromatic carbocycles. The minimum Gasteiger partial charge on any atom is -0.497 e. The third-order valence-corrected chi connectivity index (χ3v) is 3.45. The smallest absolute Gasteiger partial charge is 0.258 e. The van der Waals surface area contributed by atoms with Crippen LogP contribution in [0.4, 0.5) is 5.82 Å². The molecular weight excluding hydrogens is 310 g/mol. The SMILES string of the molecule is CCc1cn[nH]c1NC(=O)c1cc(OC)ccc1Br. The minimum absolute atomic E-state index is 0.218. The van der Waals surface area contributed by atoms with Gasteiger partial charge in [-0.05, 0) is 40.5 Å². The van der Waals surface area contributed by atoms with Gasteiger partial charge in [0.1, 0.15) is 11.6 Å². The van der Waals surface area contributed by atoms with E-state index in [1.54, 1.807) is 31.5 Å². The Balaban J connectivity index is 2.25. The summed E-state index contributed by atoms with van der Waals surface area (Å²) in [6.07, 6.45) is 2.50. The summed E-state index contributed by atoms with van der Waals surface area (Å²) in [4.78, 5) is 12.2. The summed E-state index contributed by atoms with van der Waals surface area (Å²) in [5.74, 6) is 1.04. The number of aromatic nitrogens is 2. The number of carbonyl (C=O) groups excluding carboxylic acids is 1. The molecule has 5 nitrogen and oxygen atoms in total. The number of halogens is 1. The number of nitrogens with zero attached hydrogens (tertiary/aromatic N) is 1. The number of nitrogens with one attached hydrogen (secondary N) is 2. The number of amides is 1. The highest BCUT2D eigenvalue weighted by atomic mass is 79.9. The van der Waals surface area contributed by atoms with E-state index in [0.717, 1.165) is 12.0 Å². The minimum atomic E-state index is -0.218. The second-order valence-corrected chi connectivity index (χ2v) is 4.78. The van der Waals surface area contributed by atoms with Crippen LogP contribution in [0.15, 0.2) is 28.9 Å². The molecule has 0 saturated carbocycles. The van der Waals surface area contributed by atoms with Crippen molar-refractivity contribution < 1.29 is 9.53 Å². The van der Waals surface area contributed by atoms with Crippen molar-refractivity contribution in [1.82, 2.24) is 10.2 Å². The van der Waals surface area contributed by atoms with Crippen LogP contribution in [0.25, 0.3) is 0 Å². The van der Waals surface area contributed by atoms with Gasteiger partial charge in [-0.1, -0.05) is 6.92 Å². The molecule has 6 heteroatoms. The van der Waals surface area contributed by atoms with Crippen LogP contribution in [0.3, 0.4) is 0 Å². The molecule has 0 aliphatic carbocycles. The van der Waals surface area contributed by atoms with Crippen LogP contribution in [0, 0.1) is 0 Å². The van der Waals surface area contributed by atoms with Crippen molar-refractivity contribution in [3.05, 3.63) is 40.0 Å². The maximum absolute atomic E-state index is 12.2. The molecule has 2 rings (SSSR count). The van der Waals surface area contributed by atoms with Crippen LogP contribution in [-0.4, -0.2) is 23.2 Å². The highest BCUT2D eigenvalue weighted by molar-refractivity contribution is 9.10. The zero-order valence-corrected chi connectivity index (χ0v) is 12.2. The predicted molar refractivity (Wildman–Crippen MR) is 76.6 cm³/mol. The second kappa shape index (κ2) is 5.88. The van der Waals surface area contributed by atoms with Gasteiger partial charge in [-0.2, -0.15) is 5.10 Å². The molecule has 1 aromatic heterocycles. The summed E-state index contributed by atoms with van der Waals surface area (Å²) < 4.78 is 5.83. The van der Waals surface area contributed by atoms with Crippen LogP contribution in [0.5, 0.6) is 5.75 Å². The van der Waals surface area contributed by atoms with Crippen molar-refractivity contribution in [3.8, 4) is 5.75 Å². The van der Waals surface area contributed by atoms with Crippen molar-refractivity contribution >= 4 is 27.7 Å². The number of rotatable bonds is 4. The van der Waals surface area contributed by atoms with Gasteiger partial charge in [-0.15, -0.1) is 0 Å². The monoisotopic (exact) mass is 323 g/mol. The first-order valence-corrected chi connectivity index (χ1v) is 6.62. The Kier molecular flexibility index (Phi) is 4.21. The number of anilines is 1. The number of ether oxygens (including phenoxy) is 1. The van der Waals surface area contributed by atoms with Gasteiger partial charge >= 0.3 is 0 Å². The largest absolute Gasteiger partial charge is 0.497 e. The van der Waals surface area contributed by atoms with Crippen molar-refractivity contribution in [2.45, 2.75) is 13.3 Å². The van der Waals surface area contributed by atoms with Gasteiger partial charge in [0.05, 0.1) is 18.9 Å². The van der Waals surface area contributed by atoms with E-state index in [4.69, 9.17) is 4.74 Å². The molecule has 2 aromatic rings. The zero-order chi connectivity index (χ0) is 13.8. The lowest BCUT2D eigenvalue weighted by molar-refractivity contribution is 0.102. The Morgan fingerprint density at radius 3 is 3.00 bits per heavy atom. The number of H-pyrrole nitrogens is 1. The highest BCUT2D eigenvalue weighted by Crippen LogP contribution is 2.23. The number of hydrogen-bond donors (Lipinski definition) is 2. The predicted octanol–water partition coefficient (Wildman–Crippen LogP) is 3.00. The normalized spacial score (nSPS) is 10.3. The zero-order valence-electron chi connectivity index (χ0n) is 10.7. The molecule has 0 aliphatic heterocycles. The van der Waals surface area contributed by atoms with E-state index in [2.05, 4.69) is 31.4 Å². The summed E-state index contributed by atoms with van der Waals surface area (Å²) in [6.45, 7) is 2.00. The summed E-state index contributed by atoms with van der Waals surface area (Å²) in [6, 6.07) is 5.25. The van der Waals surface area contributed by atoms with Crippen molar-refractivity contribution in [1.29, 1.82) is 0 Å². The first-order valence-electron chi connectivity index (χ1n) is 5.82. The lowest BCUT2D eigenvalue weighted by Gasteiger charge is -2.08. The van der Waals surface area contributed by atoms with E-state index in [-0.39, 0.29) is 5.91 Å². The summed E-state index contributed by atoms with van der Waals surface area (Å²) >= 11 is 3.36. The molecule has 1 heterocycles. The van der Waals surface area contributed by atoms with E-state index in [1.807, 2.05) is 6.92 Å². The molecule has 0 unspecified atom stereocenters. The van der Waals surface area contributed by atoms with Crippen molar-refractivity contribution in [2.24, 2.45) is 0 Å².